The van der Waals surface area contributed by atoms with Crippen LogP contribution in [0.1, 0.15) is 91.4 Å². The number of nitrogens with zero attached hydrogens (tertiary/aromatic N) is 1. The Kier molecular flexibility index (Phi) is 4.88. The van der Waals surface area contributed by atoms with E-state index in [0.717, 1.165) is 56.8 Å². The molecule has 0 aromatic rings. The minimum atomic E-state index is -0.0146. The van der Waals surface area contributed by atoms with Gasteiger partial charge in [0.05, 0.1) is 5.71 Å². The summed E-state index contributed by atoms with van der Waals surface area (Å²) in [6.45, 7) is 7.34. The van der Waals surface area contributed by atoms with E-state index in [4.69, 9.17) is 10.6 Å². The molecule has 0 amide bonds. The van der Waals surface area contributed by atoms with Crippen LogP contribution in [0.25, 0.3) is 0 Å². The molecule has 29 heavy (non-hydrogen) atoms. The third kappa shape index (κ3) is 3.03. The van der Waals surface area contributed by atoms with Crippen LogP contribution in [0, 0.1) is 40.4 Å². The summed E-state index contributed by atoms with van der Waals surface area (Å²) in [7, 11) is 0. The quantitative estimate of drug-likeness (QED) is 0.656. The number of rotatable bonds is 2. The molecule has 5 saturated carbocycles. The molecule has 5 aliphatic rings. The monoisotopic (exact) mass is 400 g/mol. The van der Waals surface area contributed by atoms with Gasteiger partial charge in [-0.15, -0.1) is 0 Å². The van der Waals surface area contributed by atoms with Gasteiger partial charge in [0.15, 0.2) is 0 Å². The minimum Gasteiger partial charge on any atom is -0.391 e. The lowest BCUT2D eigenvalue weighted by Gasteiger charge is -2.61. The fraction of sp³-hybridized carbons (Fsp3) is 0.920. The van der Waals surface area contributed by atoms with E-state index < -0.39 is 0 Å². The first-order chi connectivity index (χ1) is 13.8. The van der Waals surface area contributed by atoms with Gasteiger partial charge in [0.2, 0.25) is 0 Å². The first-order valence-electron chi connectivity index (χ1n) is 12.3. The van der Waals surface area contributed by atoms with Gasteiger partial charge in [-0.1, -0.05) is 25.9 Å². The van der Waals surface area contributed by atoms with Crippen molar-refractivity contribution in [2.24, 2.45) is 51.3 Å². The van der Waals surface area contributed by atoms with E-state index >= 15 is 0 Å². The van der Waals surface area contributed by atoms with Crippen LogP contribution in [0.4, 0.5) is 0 Å². The Morgan fingerprint density at radius 3 is 2.62 bits per heavy atom. The third-order valence-corrected chi connectivity index (χ3v) is 10.4. The van der Waals surface area contributed by atoms with Crippen molar-refractivity contribution in [3.63, 3.8) is 0 Å². The SMILES string of the molecule is C[C@H]1C[C@@H]2[C@H](CC[C@]3(C)C(=O)CC[C@@H]23)[C@@]2(C)CCC(=NOC3CCCC3N)CC12. The molecule has 2 N–H and O–H groups in total. The van der Waals surface area contributed by atoms with Crippen LogP contribution in [0.5, 0.6) is 0 Å². The molecule has 0 heterocycles. The summed E-state index contributed by atoms with van der Waals surface area (Å²) in [5.74, 6) is 4.15. The number of fused-ring (bicyclic) bond motifs is 5. The van der Waals surface area contributed by atoms with Crippen LogP contribution < -0.4 is 5.73 Å². The summed E-state index contributed by atoms with van der Waals surface area (Å²) < 4.78 is 0. The van der Waals surface area contributed by atoms with Crippen LogP contribution in [0.3, 0.4) is 0 Å². The van der Waals surface area contributed by atoms with Gasteiger partial charge in [-0.3, -0.25) is 4.79 Å². The maximum Gasteiger partial charge on any atom is 0.142 e. The molecule has 5 aliphatic carbocycles. The van der Waals surface area contributed by atoms with E-state index in [1.807, 2.05) is 0 Å². The standard InChI is InChI=1S/C25H40N2O2/c1-15-13-17-18-7-8-23(28)25(18,3)12-10-19(17)24(2)11-9-16(14-20(15)24)27-29-22-6-4-5-21(22)26/h15,17-22H,4-14,26H2,1-3H3/t15-,17-,18-,19-,20?,21?,22?,24+,25-/m0/s1. The maximum atomic E-state index is 12.7. The number of Topliss-reactive ketones (excluding diaryl/α,β-unsaturated/α-hetero) is 1. The fourth-order valence-corrected chi connectivity index (χ4v) is 8.61. The number of ketones is 1. The van der Waals surface area contributed by atoms with Gasteiger partial charge in [0, 0.05) is 17.9 Å². The Hall–Kier alpha value is -0.900. The molecule has 0 saturated heterocycles. The highest BCUT2D eigenvalue weighted by Gasteiger charge is 2.61. The smallest absolute Gasteiger partial charge is 0.142 e. The lowest BCUT2D eigenvalue weighted by atomic mass is 9.43. The van der Waals surface area contributed by atoms with Crippen LogP contribution >= 0.6 is 0 Å². The average molecular weight is 401 g/mol. The fourth-order valence-electron chi connectivity index (χ4n) is 8.61. The Labute approximate surface area is 176 Å². The summed E-state index contributed by atoms with van der Waals surface area (Å²) in [5, 5.41) is 4.64. The Morgan fingerprint density at radius 2 is 1.86 bits per heavy atom. The second-order valence-corrected chi connectivity index (χ2v) is 11.7. The molecule has 0 bridgehead atoms. The van der Waals surface area contributed by atoms with E-state index in [0.29, 0.717) is 29.0 Å². The highest BCUT2D eigenvalue weighted by atomic mass is 16.6. The van der Waals surface area contributed by atoms with Crippen molar-refractivity contribution in [2.75, 3.05) is 0 Å². The maximum absolute atomic E-state index is 12.7. The number of hydrogen-bond acceptors (Lipinski definition) is 4. The largest absolute Gasteiger partial charge is 0.391 e. The molecule has 0 aliphatic heterocycles. The molecule has 0 aromatic heterocycles. The predicted molar refractivity (Wildman–Crippen MR) is 115 cm³/mol. The molecule has 3 unspecified atom stereocenters. The van der Waals surface area contributed by atoms with Gasteiger partial charge in [-0.25, -0.2) is 0 Å². The number of carbonyl (C=O) groups excluding carboxylic acids is 1. The topological polar surface area (TPSA) is 64.7 Å². The second-order valence-electron chi connectivity index (χ2n) is 11.7. The molecule has 9 atom stereocenters. The van der Waals surface area contributed by atoms with Crippen molar-refractivity contribution in [1.29, 1.82) is 0 Å². The van der Waals surface area contributed by atoms with Gasteiger partial charge in [0.1, 0.15) is 11.9 Å². The van der Waals surface area contributed by atoms with Crippen molar-refractivity contribution < 1.29 is 9.63 Å². The van der Waals surface area contributed by atoms with E-state index in [-0.39, 0.29) is 17.6 Å². The number of hydrogen-bond donors (Lipinski definition) is 1. The van der Waals surface area contributed by atoms with E-state index in [2.05, 4.69) is 25.9 Å². The zero-order valence-corrected chi connectivity index (χ0v) is 18.7. The highest BCUT2D eigenvalue weighted by molar-refractivity contribution is 5.87. The summed E-state index contributed by atoms with van der Waals surface area (Å²) in [5.41, 5.74) is 7.82. The normalized spacial score (nSPS) is 53.4. The van der Waals surface area contributed by atoms with Crippen LogP contribution in [0.15, 0.2) is 5.16 Å². The number of oxime groups is 1. The highest BCUT2D eigenvalue weighted by Crippen LogP contribution is 2.66. The van der Waals surface area contributed by atoms with Gasteiger partial charge in [0.25, 0.3) is 0 Å². The van der Waals surface area contributed by atoms with E-state index in [1.165, 1.54) is 31.4 Å². The zero-order chi connectivity index (χ0) is 20.4. The summed E-state index contributed by atoms with van der Waals surface area (Å²) in [6.07, 6.45) is 12.5. The van der Waals surface area contributed by atoms with Crippen molar-refractivity contribution in [3.8, 4) is 0 Å². The van der Waals surface area contributed by atoms with Crippen LogP contribution in [0.2, 0.25) is 0 Å². The van der Waals surface area contributed by atoms with Crippen molar-refractivity contribution in [2.45, 2.75) is 104 Å². The Balaban J connectivity index is 1.33. The molecule has 5 rings (SSSR count). The van der Waals surface area contributed by atoms with Crippen molar-refractivity contribution in [3.05, 3.63) is 0 Å². The molecule has 0 spiro atoms. The van der Waals surface area contributed by atoms with Gasteiger partial charge >= 0.3 is 0 Å². The molecule has 0 aromatic carbocycles. The lowest BCUT2D eigenvalue weighted by Crippen LogP contribution is -2.56. The third-order valence-electron chi connectivity index (χ3n) is 10.4. The van der Waals surface area contributed by atoms with Gasteiger partial charge < -0.3 is 10.6 Å². The number of carbonyl (C=O) groups is 1. The Morgan fingerprint density at radius 1 is 1.03 bits per heavy atom. The molecular weight excluding hydrogens is 360 g/mol. The summed E-state index contributed by atoms with van der Waals surface area (Å²) in [6, 6.07) is 0.160. The molecule has 4 nitrogen and oxygen atoms in total. The summed E-state index contributed by atoms with van der Waals surface area (Å²) >= 11 is 0. The molecule has 162 valence electrons. The van der Waals surface area contributed by atoms with Crippen LogP contribution in [-0.2, 0) is 9.63 Å². The number of nitrogens with two attached hydrogens (primary N) is 1. The van der Waals surface area contributed by atoms with Gasteiger partial charge in [-0.05, 0) is 99.2 Å². The first-order valence-corrected chi connectivity index (χ1v) is 12.3. The summed E-state index contributed by atoms with van der Waals surface area (Å²) in [4.78, 5) is 18.6. The minimum absolute atomic E-state index is 0.0146. The van der Waals surface area contributed by atoms with Crippen LogP contribution in [-0.4, -0.2) is 23.6 Å². The molecule has 0 radical (unpaired) electrons. The van der Waals surface area contributed by atoms with E-state index in [9.17, 15) is 4.79 Å². The molecule has 5 fully saturated rings. The zero-order valence-electron chi connectivity index (χ0n) is 18.7. The first kappa shape index (κ1) is 20.0. The van der Waals surface area contributed by atoms with Crippen molar-refractivity contribution in [1.82, 2.24) is 0 Å². The van der Waals surface area contributed by atoms with Gasteiger partial charge in [-0.2, -0.15) is 0 Å². The van der Waals surface area contributed by atoms with Crippen molar-refractivity contribution >= 4 is 11.5 Å². The molecule has 4 heteroatoms. The molecular formula is C25H40N2O2. The van der Waals surface area contributed by atoms with E-state index in [1.54, 1.807) is 0 Å². The second kappa shape index (κ2) is 7.07. The average Bonchev–Trinajstić information content (AvgIpc) is 3.23. The predicted octanol–water partition coefficient (Wildman–Crippen LogP) is 5.10. The lowest BCUT2D eigenvalue weighted by molar-refractivity contribution is -0.141. The Bertz CT molecular complexity index is 705.